The molecule has 0 atom stereocenters. The van der Waals surface area contributed by atoms with Gasteiger partial charge in [-0.1, -0.05) is 6.07 Å². The Morgan fingerprint density at radius 3 is 2.63 bits per heavy atom. The number of anilines is 1. The van der Waals surface area contributed by atoms with E-state index in [0.29, 0.717) is 6.54 Å². The number of carbonyl (C=O) groups is 1. The van der Waals surface area contributed by atoms with Crippen LogP contribution in [0.5, 0.6) is 0 Å². The number of nitrogens with zero attached hydrogens (tertiary/aromatic N) is 4. The number of piperazine rings is 1. The van der Waals surface area contributed by atoms with Gasteiger partial charge >= 0.3 is 0 Å². The summed E-state index contributed by atoms with van der Waals surface area (Å²) in [4.78, 5) is 23.4. The van der Waals surface area contributed by atoms with Gasteiger partial charge in [-0.3, -0.25) is 9.69 Å². The predicted octanol–water partition coefficient (Wildman–Crippen LogP) is 4.57. The summed E-state index contributed by atoms with van der Waals surface area (Å²) in [6.07, 6.45) is 2.84. The normalized spacial score (nSPS) is 15.0. The largest absolute Gasteiger partial charge is 0.354 e. The van der Waals surface area contributed by atoms with Gasteiger partial charge in [0.1, 0.15) is 5.82 Å². The number of thiophene rings is 1. The average molecular weight is 487 g/mol. The van der Waals surface area contributed by atoms with E-state index in [4.69, 9.17) is 0 Å². The molecule has 3 aromatic heterocycles. The van der Waals surface area contributed by atoms with E-state index in [2.05, 4.69) is 72.7 Å². The van der Waals surface area contributed by atoms with Crippen molar-refractivity contribution in [3.63, 3.8) is 0 Å². The number of hydrogen-bond acceptors (Lipinski definition) is 5. The highest BCUT2D eigenvalue weighted by Gasteiger charge is 2.22. The third-order valence-electron chi connectivity index (χ3n) is 5.81. The Morgan fingerprint density at radius 1 is 1.17 bits per heavy atom. The quantitative estimate of drug-likeness (QED) is 0.458. The van der Waals surface area contributed by atoms with Gasteiger partial charge in [0, 0.05) is 65.2 Å². The molecule has 158 valence electrons. The summed E-state index contributed by atoms with van der Waals surface area (Å²) in [5.74, 6) is 1.22. The maximum absolute atomic E-state index is 13.0. The van der Waals surface area contributed by atoms with Gasteiger partial charge in [-0.05, 0) is 65.8 Å². The number of rotatable bonds is 7. The maximum atomic E-state index is 13.0. The molecular formula is C23H27BrN4OS. The fraction of sp³-hybridized carbons (Fsp3) is 0.391. The van der Waals surface area contributed by atoms with Crippen LogP contribution in [0.2, 0.25) is 0 Å². The first-order chi connectivity index (χ1) is 14.5. The van der Waals surface area contributed by atoms with Crippen molar-refractivity contribution in [2.24, 2.45) is 0 Å². The van der Waals surface area contributed by atoms with E-state index in [-0.39, 0.29) is 5.78 Å². The number of hydrogen-bond donors (Lipinski definition) is 0. The highest BCUT2D eigenvalue weighted by Crippen LogP contribution is 2.20. The molecule has 4 heterocycles. The molecule has 7 heteroatoms. The molecule has 0 spiro atoms. The molecule has 30 heavy (non-hydrogen) atoms. The molecule has 1 aliphatic rings. The van der Waals surface area contributed by atoms with Crippen molar-refractivity contribution in [1.82, 2.24) is 14.5 Å². The first-order valence-electron chi connectivity index (χ1n) is 10.3. The lowest BCUT2D eigenvalue weighted by molar-refractivity contribution is 0.0925. The van der Waals surface area contributed by atoms with Gasteiger partial charge in [-0.2, -0.15) is 0 Å². The molecule has 0 amide bonds. The third kappa shape index (κ3) is 4.85. The zero-order valence-corrected chi connectivity index (χ0v) is 19.9. The molecule has 1 fully saturated rings. The summed E-state index contributed by atoms with van der Waals surface area (Å²) in [6, 6.07) is 10.4. The number of pyridine rings is 1. The van der Waals surface area contributed by atoms with Crippen molar-refractivity contribution >= 4 is 38.9 Å². The Hall–Kier alpha value is -1.96. The molecule has 0 unspecified atom stereocenters. The second-order valence-electron chi connectivity index (χ2n) is 7.79. The van der Waals surface area contributed by atoms with Crippen molar-refractivity contribution in [3.05, 3.63) is 68.2 Å². The first-order valence-corrected chi connectivity index (χ1v) is 12.0. The van der Waals surface area contributed by atoms with Crippen LogP contribution in [0, 0.1) is 13.8 Å². The van der Waals surface area contributed by atoms with Crippen molar-refractivity contribution in [2.45, 2.75) is 26.8 Å². The zero-order chi connectivity index (χ0) is 21.1. The monoisotopic (exact) mass is 486 g/mol. The molecule has 3 aromatic rings. The maximum Gasteiger partial charge on any atom is 0.178 e. The van der Waals surface area contributed by atoms with Crippen LogP contribution in [0.4, 0.5) is 5.82 Å². The van der Waals surface area contributed by atoms with Gasteiger partial charge < -0.3 is 9.47 Å². The third-order valence-corrected chi connectivity index (χ3v) is 7.22. The molecular weight excluding hydrogens is 460 g/mol. The minimum atomic E-state index is 0.223. The lowest BCUT2D eigenvalue weighted by atomic mass is 10.1. The molecule has 0 N–H and O–H groups in total. The van der Waals surface area contributed by atoms with Gasteiger partial charge in [0.15, 0.2) is 5.78 Å². The van der Waals surface area contributed by atoms with Gasteiger partial charge in [0.2, 0.25) is 0 Å². The summed E-state index contributed by atoms with van der Waals surface area (Å²) in [5.41, 5.74) is 3.13. The Labute approximate surface area is 190 Å². The minimum absolute atomic E-state index is 0.223. The van der Waals surface area contributed by atoms with Gasteiger partial charge in [0.25, 0.3) is 0 Å². The lowest BCUT2D eigenvalue weighted by Crippen LogP contribution is -2.48. The van der Waals surface area contributed by atoms with E-state index in [0.717, 1.165) is 60.7 Å². The van der Waals surface area contributed by atoms with Gasteiger partial charge in [0.05, 0.1) is 6.54 Å². The zero-order valence-electron chi connectivity index (χ0n) is 17.5. The second kappa shape index (κ2) is 9.45. The lowest BCUT2D eigenvalue weighted by Gasteiger charge is -2.35. The molecule has 4 rings (SSSR count). The number of carbonyl (C=O) groups excluding carboxylic acids is 1. The van der Waals surface area contributed by atoms with E-state index in [1.165, 1.54) is 10.6 Å². The van der Waals surface area contributed by atoms with E-state index in [1.54, 1.807) is 11.3 Å². The van der Waals surface area contributed by atoms with E-state index in [1.807, 2.05) is 18.3 Å². The van der Waals surface area contributed by atoms with Crippen molar-refractivity contribution in [1.29, 1.82) is 0 Å². The highest BCUT2D eigenvalue weighted by molar-refractivity contribution is 9.10. The summed E-state index contributed by atoms with van der Waals surface area (Å²) in [7, 11) is 0. The molecule has 5 nitrogen and oxygen atoms in total. The van der Waals surface area contributed by atoms with E-state index < -0.39 is 0 Å². The van der Waals surface area contributed by atoms with E-state index >= 15 is 0 Å². The second-order valence-corrected chi connectivity index (χ2v) is 9.73. The molecule has 0 aliphatic carbocycles. The highest BCUT2D eigenvalue weighted by atomic mass is 79.9. The van der Waals surface area contributed by atoms with Crippen LogP contribution in [-0.4, -0.2) is 53.0 Å². The van der Waals surface area contributed by atoms with Gasteiger partial charge in [-0.25, -0.2) is 4.98 Å². The van der Waals surface area contributed by atoms with Crippen LogP contribution in [0.3, 0.4) is 0 Å². The van der Waals surface area contributed by atoms with Crippen LogP contribution >= 0.6 is 27.3 Å². The van der Waals surface area contributed by atoms with Crippen LogP contribution < -0.4 is 4.90 Å². The SMILES string of the molecule is Cc1cc(C(=O)CN2CCN(c3ccc(Br)cn3)CC2)c(C)n1CCc1cccs1. The Balaban J connectivity index is 1.34. The Morgan fingerprint density at radius 2 is 1.97 bits per heavy atom. The smallest absolute Gasteiger partial charge is 0.178 e. The predicted molar refractivity (Wildman–Crippen MR) is 127 cm³/mol. The first kappa shape index (κ1) is 21.3. The molecule has 0 bridgehead atoms. The van der Waals surface area contributed by atoms with Crippen LogP contribution in [0.1, 0.15) is 26.6 Å². The number of aryl methyl sites for hydroxylation is 2. The van der Waals surface area contributed by atoms with Crippen LogP contribution in [0.15, 0.2) is 46.4 Å². The van der Waals surface area contributed by atoms with Crippen LogP contribution in [-0.2, 0) is 13.0 Å². The standard InChI is InChI=1S/C23H27BrN4OS/c1-17-14-21(18(2)28(17)8-7-20-4-3-13-30-20)22(29)16-26-9-11-27(12-10-26)23-6-5-19(24)15-25-23/h3-6,13-15H,7-12,16H2,1-2H3. The van der Waals surface area contributed by atoms with Crippen LogP contribution in [0.25, 0.3) is 0 Å². The van der Waals surface area contributed by atoms with Crippen molar-refractivity contribution in [2.75, 3.05) is 37.6 Å². The number of ketones is 1. The van der Waals surface area contributed by atoms with Crippen molar-refractivity contribution < 1.29 is 4.79 Å². The number of halogens is 1. The Kier molecular flexibility index (Phi) is 6.71. The molecule has 1 saturated heterocycles. The fourth-order valence-corrected chi connectivity index (χ4v) is 5.02. The molecule has 0 saturated carbocycles. The summed E-state index contributed by atoms with van der Waals surface area (Å²) < 4.78 is 3.27. The molecule has 0 aromatic carbocycles. The average Bonchev–Trinajstić information content (AvgIpc) is 3.36. The topological polar surface area (TPSA) is 41.4 Å². The Bertz CT molecular complexity index is 989. The molecule has 0 radical (unpaired) electrons. The number of aromatic nitrogens is 2. The fourth-order valence-electron chi connectivity index (χ4n) is 4.08. The molecule has 1 aliphatic heterocycles. The minimum Gasteiger partial charge on any atom is -0.354 e. The summed E-state index contributed by atoms with van der Waals surface area (Å²) in [5, 5.41) is 2.12. The summed E-state index contributed by atoms with van der Waals surface area (Å²) >= 11 is 5.22. The summed E-state index contributed by atoms with van der Waals surface area (Å²) in [6.45, 7) is 9.11. The van der Waals surface area contributed by atoms with Crippen molar-refractivity contribution in [3.8, 4) is 0 Å². The number of Topliss-reactive ketones (excluding diaryl/α,β-unsaturated/α-hetero) is 1. The van der Waals surface area contributed by atoms with Gasteiger partial charge in [-0.15, -0.1) is 11.3 Å². The van der Waals surface area contributed by atoms with E-state index in [9.17, 15) is 4.79 Å².